The van der Waals surface area contributed by atoms with E-state index in [0.29, 0.717) is 12.0 Å². The van der Waals surface area contributed by atoms with Crippen LogP contribution in [-0.4, -0.2) is 59.5 Å². The molecule has 0 aromatic carbocycles. The highest BCUT2D eigenvalue weighted by Crippen LogP contribution is 2.29. The zero-order valence-electron chi connectivity index (χ0n) is 12.3. The molecule has 1 saturated heterocycles. The smallest absolute Gasteiger partial charge is 0.371 e. The SMILES string of the molecule is CCCOC(=O)[C@@H](F)ON1C(=O)N2CC1C=C(C)[C@H]2C(N)=O. The zero-order chi connectivity index (χ0) is 16.4. The number of hydrogen-bond acceptors (Lipinski definition) is 5. The van der Waals surface area contributed by atoms with Gasteiger partial charge in [0, 0.05) is 0 Å². The quantitative estimate of drug-likeness (QED) is 0.553. The van der Waals surface area contributed by atoms with Crippen LogP contribution in [0.2, 0.25) is 0 Å². The normalized spacial score (nSPS) is 25.0. The molecule has 8 nitrogen and oxygen atoms in total. The first kappa shape index (κ1) is 16.2. The second-order valence-electron chi connectivity index (χ2n) is 5.13. The van der Waals surface area contributed by atoms with E-state index in [1.165, 1.54) is 4.90 Å². The van der Waals surface area contributed by atoms with Crippen LogP contribution >= 0.6 is 0 Å². The Morgan fingerprint density at radius 2 is 2.23 bits per heavy atom. The van der Waals surface area contributed by atoms with Gasteiger partial charge in [-0.3, -0.25) is 4.79 Å². The third kappa shape index (κ3) is 2.89. The maximum Gasteiger partial charge on any atom is 0.371 e. The van der Waals surface area contributed by atoms with Crippen LogP contribution < -0.4 is 5.73 Å². The number of amides is 3. The molecule has 0 aromatic heterocycles. The lowest BCUT2D eigenvalue weighted by molar-refractivity contribution is -0.223. The lowest BCUT2D eigenvalue weighted by Gasteiger charge is -2.27. The van der Waals surface area contributed by atoms with E-state index in [1.54, 1.807) is 19.9 Å². The van der Waals surface area contributed by atoms with Gasteiger partial charge in [-0.2, -0.15) is 5.06 Å². The number of ether oxygens (including phenoxy) is 1. The molecule has 2 bridgehead atoms. The molecule has 22 heavy (non-hydrogen) atoms. The number of hydroxylamine groups is 2. The van der Waals surface area contributed by atoms with Crippen LogP contribution in [0.15, 0.2) is 11.6 Å². The Kier molecular flexibility index (Phi) is 4.65. The van der Waals surface area contributed by atoms with E-state index in [1.807, 2.05) is 0 Å². The molecular formula is C13H18FN3O5. The minimum atomic E-state index is -2.41. The van der Waals surface area contributed by atoms with Crippen molar-refractivity contribution in [2.75, 3.05) is 13.2 Å². The highest BCUT2D eigenvalue weighted by atomic mass is 19.1. The van der Waals surface area contributed by atoms with Gasteiger partial charge in [0.15, 0.2) is 0 Å². The summed E-state index contributed by atoms with van der Waals surface area (Å²) in [6.07, 6.45) is -0.266. The average molecular weight is 315 g/mol. The van der Waals surface area contributed by atoms with Gasteiger partial charge in [0.05, 0.1) is 19.2 Å². The third-order valence-corrected chi connectivity index (χ3v) is 3.43. The minimum absolute atomic E-state index is 0.0644. The van der Waals surface area contributed by atoms with Gasteiger partial charge in [0.25, 0.3) is 0 Å². The highest BCUT2D eigenvalue weighted by molar-refractivity contribution is 5.90. The Bertz CT molecular complexity index is 524. The molecule has 0 spiro atoms. The minimum Gasteiger partial charge on any atom is -0.462 e. The maximum atomic E-state index is 13.7. The molecule has 2 rings (SSSR count). The Morgan fingerprint density at radius 3 is 2.82 bits per heavy atom. The van der Waals surface area contributed by atoms with Crippen molar-refractivity contribution < 1.29 is 28.3 Å². The van der Waals surface area contributed by atoms with Gasteiger partial charge in [0.1, 0.15) is 6.04 Å². The molecule has 2 aliphatic rings. The summed E-state index contributed by atoms with van der Waals surface area (Å²) < 4.78 is 18.3. The van der Waals surface area contributed by atoms with Crippen molar-refractivity contribution in [3.05, 3.63) is 11.6 Å². The van der Waals surface area contributed by atoms with Crippen molar-refractivity contribution in [2.45, 2.75) is 38.7 Å². The van der Waals surface area contributed by atoms with Crippen LogP contribution in [0, 0.1) is 0 Å². The summed E-state index contributed by atoms with van der Waals surface area (Å²) in [4.78, 5) is 40.9. The third-order valence-electron chi connectivity index (χ3n) is 3.43. The van der Waals surface area contributed by atoms with Gasteiger partial charge < -0.3 is 15.4 Å². The van der Waals surface area contributed by atoms with Crippen LogP contribution in [-0.2, 0) is 19.2 Å². The number of urea groups is 1. The van der Waals surface area contributed by atoms with Gasteiger partial charge in [-0.05, 0) is 18.9 Å². The molecule has 1 unspecified atom stereocenters. The topological polar surface area (TPSA) is 102 Å². The van der Waals surface area contributed by atoms with Crippen LogP contribution in [0.4, 0.5) is 9.18 Å². The van der Waals surface area contributed by atoms with Gasteiger partial charge in [-0.25, -0.2) is 18.8 Å². The molecule has 0 saturated carbocycles. The van der Waals surface area contributed by atoms with Crippen molar-refractivity contribution in [1.82, 2.24) is 9.96 Å². The van der Waals surface area contributed by atoms with E-state index in [4.69, 9.17) is 10.6 Å². The Morgan fingerprint density at radius 1 is 1.55 bits per heavy atom. The van der Waals surface area contributed by atoms with Crippen molar-refractivity contribution in [2.24, 2.45) is 5.73 Å². The number of primary amides is 1. The lowest BCUT2D eigenvalue weighted by atomic mass is 10.0. The molecule has 2 heterocycles. The summed E-state index contributed by atoms with van der Waals surface area (Å²) in [6, 6.07) is -2.18. The van der Waals surface area contributed by atoms with Crippen molar-refractivity contribution in [3.8, 4) is 0 Å². The molecule has 2 aliphatic heterocycles. The standard InChI is InChI=1S/C13H18FN3O5/c1-3-4-21-12(19)10(14)22-17-8-5-7(2)9(11(15)18)16(6-8)13(17)20/h5,8-10H,3-4,6H2,1-2H3,(H2,15,18)/t8?,9-,10-/m0/s1. The monoisotopic (exact) mass is 315 g/mol. The predicted molar refractivity (Wildman–Crippen MR) is 71.7 cm³/mol. The number of halogens is 1. The lowest BCUT2D eigenvalue weighted by Crippen LogP contribution is -2.48. The fourth-order valence-corrected chi connectivity index (χ4v) is 2.51. The number of nitrogens with two attached hydrogens (primary N) is 1. The first-order valence-corrected chi connectivity index (χ1v) is 6.91. The Balaban J connectivity index is 2.07. The number of nitrogens with zero attached hydrogens (tertiary/aromatic N) is 2. The average Bonchev–Trinajstić information content (AvgIpc) is 2.69. The summed E-state index contributed by atoms with van der Waals surface area (Å²) in [6.45, 7) is 3.61. The summed E-state index contributed by atoms with van der Waals surface area (Å²) in [5.41, 5.74) is 5.85. The van der Waals surface area contributed by atoms with Crippen molar-refractivity contribution in [1.29, 1.82) is 0 Å². The van der Waals surface area contributed by atoms with Crippen molar-refractivity contribution >= 4 is 17.9 Å². The molecule has 9 heteroatoms. The van der Waals surface area contributed by atoms with Gasteiger partial charge in [0.2, 0.25) is 5.91 Å². The van der Waals surface area contributed by atoms with Gasteiger partial charge in [-0.15, -0.1) is 0 Å². The number of carbonyl (C=O) groups is 3. The largest absolute Gasteiger partial charge is 0.462 e. The number of fused-ring (bicyclic) bond motifs is 2. The summed E-state index contributed by atoms with van der Waals surface area (Å²) >= 11 is 0. The second-order valence-corrected chi connectivity index (χ2v) is 5.13. The number of rotatable bonds is 6. The van der Waals surface area contributed by atoms with E-state index in [9.17, 15) is 18.8 Å². The molecule has 3 amide bonds. The highest BCUT2D eigenvalue weighted by Gasteiger charge is 2.48. The number of carbonyl (C=O) groups excluding carboxylic acids is 3. The molecule has 1 fully saturated rings. The molecule has 0 radical (unpaired) electrons. The van der Waals surface area contributed by atoms with Crippen molar-refractivity contribution in [3.63, 3.8) is 0 Å². The molecule has 0 aliphatic carbocycles. The second kappa shape index (κ2) is 6.30. The number of hydrogen-bond donors (Lipinski definition) is 1. The maximum absolute atomic E-state index is 13.7. The van der Waals surface area contributed by atoms with E-state index < -0.39 is 36.3 Å². The first-order valence-electron chi connectivity index (χ1n) is 6.91. The van der Waals surface area contributed by atoms with E-state index >= 15 is 0 Å². The Hall–Kier alpha value is -2.16. The number of alkyl halides is 1. The molecule has 3 atom stereocenters. The predicted octanol–water partition coefficient (Wildman–Crippen LogP) is 0.0868. The van der Waals surface area contributed by atoms with E-state index in [0.717, 1.165) is 5.06 Å². The molecule has 0 aromatic rings. The van der Waals surface area contributed by atoms with Crippen LogP contribution in [0.25, 0.3) is 0 Å². The van der Waals surface area contributed by atoms with E-state index in [-0.39, 0.29) is 13.2 Å². The van der Waals surface area contributed by atoms with Gasteiger partial charge in [-0.1, -0.05) is 13.0 Å². The summed E-state index contributed by atoms with van der Waals surface area (Å²) in [5.74, 6) is -1.88. The molecule has 2 N–H and O–H groups in total. The number of esters is 1. The fourth-order valence-electron chi connectivity index (χ4n) is 2.51. The first-order chi connectivity index (χ1) is 10.4. The fraction of sp³-hybridized carbons (Fsp3) is 0.615. The van der Waals surface area contributed by atoms with Crippen LogP contribution in [0.1, 0.15) is 20.3 Å². The van der Waals surface area contributed by atoms with E-state index in [2.05, 4.69) is 4.74 Å². The van der Waals surface area contributed by atoms with Gasteiger partial charge >= 0.3 is 18.4 Å². The summed E-state index contributed by atoms with van der Waals surface area (Å²) in [7, 11) is 0. The molecular weight excluding hydrogens is 297 g/mol. The van der Waals surface area contributed by atoms with Crippen LogP contribution in [0.3, 0.4) is 0 Å². The molecule has 122 valence electrons. The van der Waals surface area contributed by atoms with Crippen LogP contribution in [0.5, 0.6) is 0 Å². The Labute approximate surface area is 126 Å². The zero-order valence-corrected chi connectivity index (χ0v) is 12.3. The summed E-state index contributed by atoms with van der Waals surface area (Å²) in [5, 5.41) is 0.740.